The molecule has 2 heterocycles. The zero-order valence-corrected chi connectivity index (χ0v) is 16.9. The third-order valence-corrected chi connectivity index (χ3v) is 6.34. The number of hydrogen-bond donors (Lipinski definition) is 1. The van der Waals surface area contributed by atoms with E-state index in [-0.39, 0.29) is 11.0 Å². The van der Waals surface area contributed by atoms with Crippen molar-refractivity contribution >= 4 is 27.1 Å². The van der Waals surface area contributed by atoms with Crippen molar-refractivity contribution in [2.24, 2.45) is 0 Å². The van der Waals surface area contributed by atoms with Crippen LogP contribution in [-0.4, -0.2) is 48.5 Å². The Morgan fingerprint density at radius 3 is 2.29 bits per heavy atom. The summed E-state index contributed by atoms with van der Waals surface area (Å²) in [6.45, 7) is 1.48. The van der Waals surface area contributed by atoms with E-state index >= 15 is 0 Å². The van der Waals surface area contributed by atoms with Crippen LogP contribution in [0.5, 0.6) is 0 Å². The van der Waals surface area contributed by atoms with E-state index in [1.54, 1.807) is 30.6 Å². The maximum atomic E-state index is 11.7. The second kappa shape index (κ2) is 7.24. The molecule has 4 rings (SSSR count). The van der Waals surface area contributed by atoms with Crippen LogP contribution in [0.15, 0.2) is 59.8 Å². The summed E-state index contributed by atoms with van der Waals surface area (Å²) in [6, 6.07) is 14.6. The first-order valence-corrected chi connectivity index (χ1v) is 11.2. The van der Waals surface area contributed by atoms with Crippen LogP contribution in [0.4, 0.5) is 5.69 Å². The molecule has 6 nitrogen and oxygen atoms in total. The normalized spacial score (nSPS) is 17.2. The lowest BCUT2D eigenvalue weighted by atomic mass is 10.1. The lowest BCUT2D eigenvalue weighted by molar-refractivity contribution is 0.198. The highest BCUT2D eigenvalue weighted by molar-refractivity contribution is 7.90. The molecule has 0 saturated carbocycles. The summed E-state index contributed by atoms with van der Waals surface area (Å²) >= 11 is 6.35. The second-order valence-corrected chi connectivity index (χ2v) is 9.33. The van der Waals surface area contributed by atoms with Gasteiger partial charge in [-0.2, -0.15) is 0 Å². The molecule has 0 amide bonds. The molecule has 1 unspecified atom stereocenters. The average molecular weight is 418 g/mol. The summed E-state index contributed by atoms with van der Waals surface area (Å²) < 4.78 is 25.2. The molecule has 1 aromatic heterocycles. The molecule has 2 aromatic carbocycles. The number of aliphatic hydroxyl groups excluding tert-OH is 1. The van der Waals surface area contributed by atoms with Crippen molar-refractivity contribution in [1.82, 2.24) is 9.55 Å². The van der Waals surface area contributed by atoms with Crippen LogP contribution in [0, 0.1) is 0 Å². The lowest BCUT2D eigenvalue weighted by Crippen LogP contribution is -2.20. The molecule has 0 aliphatic carbocycles. The summed E-state index contributed by atoms with van der Waals surface area (Å²) in [7, 11) is -3.25. The minimum absolute atomic E-state index is 0.265. The molecule has 0 radical (unpaired) electrons. The Hall–Kier alpha value is -2.35. The fourth-order valence-electron chi connectivity index (χ4n) is 3.44. The number of aliphatic hydroxyl groups is 1. The van der Waals surface area contributed by atoms with E-state index in [0.29, 0.717) is 11.7 Å². The summed E-state index contributed by atoms with van der Waals surface area (Å²) in [5.41, 5.74) is 3.47. The fourth-order valence-corrected chi connectivity index (χ4v) is 4.32. The quantitative estimate of drug-likeness (QED) is 0.705. The average Bonchev–Trinajstić information content (AvgIpc) is 3.27. The number of rotatable bonds is 4. The monoisotopic (exact) mass is 417 g/mol. The fraction of sp³-hybridized carbons (Fsp3) is 0.250. The Bertz CT molecular complexity index is 1090. The summed E-state index contributed by atoms with van der Waals surface area (Å²) in [4.78, 5) is 6.63. The van der Waals surface area contributed by atoms with Crippen molar-refractivity contribution in [2.45, 2.75) is 17.4 Å². The predicted octanol–water partition coefficient (Wildman–Crippen LogP) is 3.17. The number of halogens is 1. The zero-order chi connectivity index (χ0) is 19.9. The van der Waals surface area contributed by atoms with Crippen LogP contribution in [-0.2, 0) is 9.84 Å². The van der Waals surface area contributed by atoms with Crippen LogP contribution in [0.2, 0.25) is 5.15 Å². The molecule has 1 N–H and O–H groups in total. The van der Waals surface area contributed by atoms with E-state index in [4.69, 9.17) is 11.6 Å². The summed E-state index contributed by atoms with van der Waals surface area (Å²) in [6.07, 6.45) is 3.31. The van der Waals surface area contributed by atoms with Crippen molar-refractivity contribution in [2.75, 3.05) is 24.2 Å². The Balaban J connectivity index is 1.67. The SMILES string of the molecule is CS(=O)(=O)c1ccc(-n2cnc(Cl)c2-c2ccc(N3CCC(O)C3)cc2)cc1. The van der Waals surface area contributed by atoms with Gasteiger partial charge in [-0.15, -0.1) is 0 Å². The van der Waals surface area contributed by atoms with E-state index in [1.807, 2.05) is 28.8 Å². The first kappa shape index (κ1) is 19.0. The van der Waals surface area contributed by atoms with Crippen LogP contribution >= 0.6 is 11.6 Å². The number of hydrogen-bond acceptors (Lipinski definition) is 5. The van der Waals surface area contributed by atoms with Gasteiger partial charge in [0.05, 0.1) is 16.7 Å². The number of aromatic nitrogens is 2. The van der Waals surface area contributed by atoms with Crippen molar-refractivity contribution in [1.29, 1.82) is 0 Å². The van der Waals surface area contributed by atoms with Crippen LogP contribution in [0.1, 0.15) is 6.42 Å². The van der Waals surface area contributed by atoms with Crippen molar-refractivity contribution in [3.05, 3.63) is 60.0 Å². The van der Waals surface area contributed by atoms with Gasteiger partial charge in [0, 0.05) is 36.3 Å². The Morgan fingerprint density at radius 1 is 1.07 bits per heavy atom. The molecule has 146 valence electrons. The Kier molecular flexibility index (Phi) is 4.91. The van der Waals surface area contributed by atoms with Gasteiger partial charge in [0.2, 0.25) is 0 Å². The second-order valence-electron chi connectivity index (χ2n) is 6.96. The number of β-amino-alcohol motifs (C(OH)–C–C–N with tert-alkyl or cyclic N) is 1. The molecule has 1 saturated heterocycles. The molecule has 3 aromatic rings. The summed E-state index contributed by atoms with van der Waals surface area (Å²) in [5.74, 6) is 0. The topological polar surface area (TPSA) is 75.4 Å². The van der Waals surface area contributed by atoms with Gasteiger partial charge in [0.1, 0.15) is 6.33 Å². The predicted molar refractivity (Wildman–Crippen MR) is 110 cm³/mol. The first-order chi connectivity index (χ1) is 13.3. The van der Waals surface area contributed by atoms with Gasteiger partial charge in [-0.05, 0) is 42.8 Å². The number of imidazole rings is 1. The molecule has 28 heavy (non-hydrogen) atoms. The van der Waals surface area contributed by atoms with Crippen LogP contribution < -0.4 is 4.90 Å². The van der Waals surface area contributed by atoms with Gasteiger partial charge in [-0.1, -0.05) is 23.7 Å². The number of nitrogens with zero attached hydrogens (tertiary/aromatic N) is 3. The van der Waals surface area contributed by atoms with E-state index in [0.717, 1.165) is 35.6 Å². The standard InChI is InChI=1S/C20H20ClN3O3S/c1-28(26,27)18-8-6-16(7-9-18)24-13-22-20(21)19(24)14-2-4-15(5-3-14)23-11-10-17(25)12-23/h2-9,13,17,25H,10-12H2,1H3. The van der Waals surface area contributed by atoms with Gasteiger partial charge in [-0.3, -0.25) is 4.57 Å². The molecule has 0 bridgehead atoms. The number of sulfone groups is 1. The first-order valence-electron chi connectivity index (χ1n) is 8.90. The largest absolute Gasteiger partial charge is 0.391 e. The molecule has 1 atom stereocenters. The van der Waals surface area contributed by atoms with E-state index in [2.05, 4.69) is 9.88 Å². The van der Waals surface area contributed by atoms with E-state index < -0.39 is 9.84 Å². The smallest absolute Gasteiger partial charge is 0.175 e. The molecule has 1 fully saturated rings. The van der Waals surface area contributed by atoms with Crippen molar-refractivity contribution in [3.63, 3.8) is 0 Å². The Labute approximate surface area is 168 Å². The van der Waals surface area contributed by atoms with Crippen LogP contribution in [0.25, 0.3) is 16.9 Å². The molecular formula is C20H20ClN3O3S. The number of anilines is 1. The zero-order valence-electron chi connectivity index (χ0n) is 15.3. The highest BCUT2D eigenvalue weighted by atomic mass is 35.5. The van der Waals surface area contributed by atoms with Crippen molar-refractivity contribution in [3.8, 4) is 16.9 Å². The highest BCUT2D eigenvalue weighted by Crippen LogP contribution is 2.32. The summed E-state index contributed by atoms with van der Waals surface area (Å²) in [5, 5.41) is 10.1. The van der Waals surface area contributed by atoms with Gasteiger partial charge in [-0.25, -0.2) is 13.4 Å². The van der Waals surface area contributed by atoms with Crippen molar-refractivity contribution < 1.29 is 13.5 Å². The van der Waals surface area contributed by atoms with E-state index in [9.17, 15) is 13.5 Å². The molecule has 8 heteroatoms. The van der Waals surface area contributed by atoms with Gasteiger partial charge >= 0.3 is 0 Å². The maximum Gasteiger partial charge on any atom is 0.175 e. The molecule has 1 aliphatic heterocycles. The van der Waals surface area contributed by atoms with E-state index in [1.165, 1.54) is 6.26 Å². The maximum absolute atomic E-state index is 11.7. The van der Waals surface area contributed by atoms with Gasteiger partial charge in [0.15, 0.2) is 15.0 Å². The van der Waals surface area contributed by atoms with Gasteiger partial charge < -0.3 is 10.0 Å². The number of benzene rings is 2. The molecule has 1 aliphatic rings. The third kappa shape index (κ3) is 3.65. The van der Waals surface area contributed by atoms with Gasteiger partial charge in [0.25, 0.3) is 0 Å². The molecular weight excluding hydrogens is 398 g/mol. The molecule has 0 spiro atoms. The third-order valence-electron chi connectivity index (χ3n) is 4.94. The Morgan fingerprint density at radius 2 is 1.71 bits per heavy atom. The lowest BCUT2D eigenvalue weighted by Gasteiger charge is -2.18. The minimum atomic E-state index is -3.25. The minimum Gasteiger partial charge on any atom is -0.391 e. The van der Waals surface area contributed by atoms with Crippen LogP contribution in [0.3, 0.4) is 0 Å². The highest BCUT2D eigenvalue weighted by Gasteiger charge is 2.21.